The minimum atomic E-state index is -1.10. The van der Waals surface area contributed by atoms with Crippen LogP contribution in [0.25, 0.3) is 0 Å². The Morgan fingerprint density at radius 3 is 2.47 bits per heavy atom. The van der Waals surface area contributed by atoms with E-state index in [2.05, 4.69) is 20.9 Å². The first kappa shape index (κ1) is 29.4. The Morgan fingerprint density at radius 1 is 1.05 bits per heavy atom. The van der Waals surface area contributed by atoms with Gasteiger partial charge in [0.05, 0.1) is 18.5 Å². The van der Waals surface area contributed by atoms with Gasteiger partial charge in [0.15, 0.2) is 0 Å². The second-order valence-electron chi connectivity index (χ2n) is 10.5. The van der Waals surface area contributed by atoms with E-state index in [0.717, 1.165) is 26.1 Å². The Labute approximate surface area is 225 Å². The van der Waals surface area contributed by atoms with Crippen LogP contribution in [0.1, 0.15) is 62.7 Å². The second kappa shape index (κ2) is 14.7. The van der Waals surface area contributed by atoms with Gasteiger partial charge in [-0.15, -0.1) is 0 Å². The molecule has 3 rings (SSSR count). The average molecular weight is 530 g/mol. The summed E-state index contributed by atoms with van der Waals surface area (Å²) in [5, 5.41) is 8.39. The number of likely N-dealkylation sites (tertiary alicyclic amines) is 1. The van der Waals surface area contributed by atoms with Crippen LogP contribution in [0.4, 0.5) is 0 Å². The monoisotopic (exact) mass is 529 g/mol. The quantitative estimate of drug-likeness (QED) is 0.481. The molecule has 0 saturated carbocycles. The van der Waals surface area contributed by atoms with E-state index in [1.807, 2.05) is 13.8 Å². The number of benzene rings is 1. The minimum Gasteiger partial charge on any atom is -0.491 e. The predicted octanol–water partition coefficient (Wildman–Crippen LogP) is 1.55. The van der Waals surface area contributed by atoms with E-state index >= 15 is 0 Å². The minimum absolute atomic E-state index is 0.163. The van der Waals surface area contributed by atoms with Gasteiger partial charge in [0.25, 0.3) is 5.91 Å². The van der Waals surface area contributed by atoms with E-state index in [4.69, 9.17) is 4.74 Å². The highest BCUT2D eigenvalue weighted by atomic mass is 16.5. The van der Waals surface area contributed by atoms with Gasteiger partial charge in [-0.2, -0.15) is 0 Å². The summed E-state index contributed by atoms with van der Waals surface area (Å²) in [5.74, 6) is -1.45. The number of hydrogen-bond donors (Lipinski definition) is 3. The first-order chi connectivity index (χ1) is 18.3. The first-order valence-electron chi connectivity index (χ1n) is 13.8. The van der Waals surface area contributed by atoms with Crippen molar-refractivity contribution in [2.45, 2.75) is 64.5 Å². The van der Waals surface area contributed by atoms with E-state index in [1.165, 1.54) is 30.6 Å². The van der Waals surface area contributed by atoms with Crippen LogP contribution < -0.4 is 20.7 Å². The lowest BCUT2D eigenvalue weighted by molar-refractivity contribution is -0.137. The maximum Gasteiger partial charge on any atom is 0.255 e. The summed E-state index contributed by atoms with van der Waals surface area (Å²) in [6.45, 7) is 7.67. The summed E-state index contributed by atoms with van der Waals surface area (Å²) in [7, 11) is 1.65. The van der Waals surface area contributed by atoms with Crippen LogP contribution in [0.3, 0.4) is 0 Å². The fraction of sp³-hybridized carbons (Fsp3) is 0.643. The molecule has 2 aliphatic rings. The van der Waals surface area contributed by atoms with Crippen molar-refractivity contribution in [3.8, 4) is 5.75 Å². The van der Waals surface area contributed by atoms with Gasteiger partial charge in [-0.25, -0.2) is 0 Å². The number of likely N-dealkylation sites (N-methyl/N-ethyl adjacent to an activating group) is 1. The molecule has 1 aromatic carbocycles. The van der Waals surface area contributed by atoms with Gasteiger partial charge in [0.2, 0.25) is 17.7 Å². The Morgan fingerprint density at radius 2 is 1.76 bits per heavy atom. The fourth-order valence-electron chi connectivity index (χ4n) is 4.79. The molecule has 0 radical (unpaired) electrons. The zero-order chi connectivity index (χ0) is 27.5. The van der Waals surface area contributed by atoms with Gasteiger partial charge in [0.1, 0.15) is 24.4 Å². The number of rotatable bonds is 6. The third-order valence-corrected chi connectivity index (χ3v) is 7.10. The van der Waals surface area contributed by atoms with Crippen molar-refractivity contribution in [2.24, 2.45) is 5.92 Å². The number of ether oxygens (including phenoxy) is 1. The Hall–Kier alpha value is -3.14. The van der Waals surface area contributed by atoms with Crippen molar-refractivity contribution >= 4 is 23.6 Å². The summed E-state index contributed by atoms with van der Waals surface area (Å²) >= 11 is 0. The topological polar surface area (TPSA) is 120 Å². The van der Waals surface area contributed by atoms with Crippen LogP contribution in [-0.2, 0) is 14.4 Å². The second-order valence-corrected chi connectivity index (χ2v) is 10.5. The van der Waals surface area contributed by atoms with Crippen LogP contribution in [0.5, 0.6) is 5.75 Å². The number of carbonyl (C=O) groups excluding carboxylic acids is 4. The molecule has 0 spiro atoms. The van der Waals surface area contributed by atoms with Gasteiger partial charge in [-0.1, -0.05) is 38.8 Å². The molecule has 0 aliphatic carbocycles. The Bertz CT molecular complexity index is 961. The van der Waals surface area contributed by atoms with Gasteiger partial charge in [-0.05, 0) is 56.9 Å². The van der Waals surface area contributed by atoms with Crippen LogP contribution >= 0.6 is 0 Å². The zero-order valence-electron chi connectivity index (χ0n) is 23.0. The molecule has 1 saturated heterocycles. The molecule has 4 amide bonds. The molecule has 2 heterocycles. The largest absolute Gasteiger partial charge is 0.491 e. The maximum absolute atomic E-state index is 13.2. The van der Waals surface area contributed by atoms with Crippen LogP contribution in [0.15, 0.2) is 24.3 Å². The highest BCUT2D eigenvalue weighted by molar-refractivity contribution is 6.01. The molecular weight excluding hydrogens is 486 g/mol. The summed E-state index contributed by atoms with van der Waals surface area (Å²) in [6, 6.07) is 4.88. The van der Waals surface area contributed by atoms with E-state index in [-0.39, 0.29) is 37.0 Å². The molecule has 1 fully saturated rings. The highest BCUT2D eigenvalue weighted by Gasteiger charge is 2.31. The zero-order valence-corrected chi connectivity index (χ0v) is 23.0. The van der Waals surface area contributed by atoms with Gasteiger partial charge in [-0.3, -0.25) is 19.2 Å². The SMILES string of the molecule is CC(C)[C@H]1NC(=O)C[C@@H](C(=O)NCCCN2CCCCCC2)NC(=O)c2ccccc2OCCN(C)C1=O. The van der Waals surface area contributed by atoms with Crippen LogP contribution in [0.2, 0.25) is 0 Å². The molecule has 3 N–H and O–H groups in total. The van der Waals surface area contributed by atoms with E-state index in [0.29, 0.717) is 12.3 Å². The Kier molecular flexibility index (Phi) is 11.4. The molecule has 1 aromatic rings. The van der Waals surface area contributed by atoms with Crippen molar-refractivity contribution in [1.82, 2.24) is 25.8 Å². The summed E-state index contributed by atoms with van der Waals surface area (Å²) in [6.07, 6.45) is 5.44. The molecule has 0 bridgehead atoms. The smallest absolute Gasteiger partial charge is 0.255 e. The molecule has 2 aliphatic heterocycles. The standard InChI is InChI=1S/C28H43N5O5/c1-20(2)25-28(37)32(3)17-18-38-23-12-7-6-11-21(23)26(35)30-22(19-24(34)31-25)27(36)29-13-10-16-33-14-8-4-5-9-15-33/h6-7,11-12,20,22,25H,4-5,8-10,13-19H2,1-3H3,(H,29,36)(H,30,35)(H,31,34)/t22-,25+/m0/s1. The van der Waals surface area contributed by atoms with Crippen LogP contribution in [-0.4, -0.2) is 91.9 Å². The van der Waals surface area contributed by atoms with Crippen LogP contribution in [0, 0.1) is 5.92 Å². The number of hydrogen-bond acceptors (Lipinski definition) is 6. The van der Waals surface area contributed by atoms with Crippen molar-refractivity contribution in [3.63, 3.8) is 0 Å². The summed E-state index contributed by atoms with van der Waals surface area (Å²) in [5.41, 5.74) is 0.262. The molecule has 10 nitrogen and oxygen atoms in total. The summed E-state index contributed by atoms with van der Waals surface area (Å²) < 4.78 is 5.83. The number of para-hydroxylation sites is 1. The number of amides is 4. The molecule has 38 heavy (non-hydrogen) atoms. The summed E-state index contributed by atoms with van der Waals surface area (Å²) in [4.78, 5) is 56.3. The first-order valence-corrected chi connectivity index (χ1v) is 13.8. The number of nitrogens with one attached hydrogen (secondary N) is 3. The fourth-order valence-corrected chi connectivity index (χ4v) is 4.79. The third kappa shape index (κ3) is 8.72. The van der Waals surface area contributed by atoms with Crippen molar-refractivity contribution in [1.29, 1.82) is 0 Å². The Balaban J connectivity index is 1.72. The van der Waals surface area contributed by atoms with E-state index < -0.39 is 29.8 Å². The lowest BCUT2D eigenvalue weighted by Gasteiger charge is -2.28. The van der Waals surface area contributed by atoms with Gasteiger partial charge >= 0.3 is 0 Å². The van der Waals surface area contributed by atoms with Crippen molar-refractivity contribution < 1.29 is 23.9 Å². The van der Waals surface area contributed by atoms with Crippen molar-refractivity contribution in [3.05, 3.63) is 29.8 Å². The molecule has 0 unspecified atom stereocenters. The number of carbonyl (C=O) groups is 4. The van der Waals surface area contributed by atoms with E-state index in [1.54, 1.807) is 31.3 Å². The molecule has 0 aromatic heterocycles. The molecule has 10 heteroatoms. The highest BCUT2D eigenvalue weighted by Crippen LogP contribution is 2.19. The molecule has 2 atom stereocenters. The number of nitrogens with zero attached hydrogens (tertiary/aromatic N) is 2. The van der Waals surface area contributed by atoms with E-state index in [9.17, 15) is 19.2 Å². The third-order valence-electron chi connectivity index (χ3n) is 7.10. The average Bonchev–Trinajstić information content (AvgIpc) is 3.17. The van der Waals surface area contributed by atoms with Gasteiger partial charge in [0, 0.05) is 13.6 Å². The maximum atomic E-state index is 13.2. The lowest BCUT2D eigenvalue weighted by atomic mass is 10.0. The number of fused-ring (bicyclic) bond motifs is 1. The lowest BCUT2D eigenvalue weighted by Crippen LogP contribution is -2.54. The van der Waals surface area contributed by atoms with Gasteiger partial charge < -0.3 is 30.5 Å². The molecular formula is C28H43N5O5. The predicted molar refractivity (Wildman–Crippen MR) is 145 cm³/mol. The molecule has 210 valence electrons. The normalized spacial score (nSPS) is 22.4. The van der Waals surface area contributed by atoms with Crippen molar-refractivity contribution in [2.75, 3.05) is 46.4 Å².